The van der Waals surface area contributed by atoms with Gasteiger partial charge in [0.15, 0.2) is 0 Å². The highest BCUT2D eigenvalue weighted by Crippen LogP contribution is 2.21. The van der Waals surface area contributed by atoms with Gasteiger partial charge >= 0.3 is 0 Å². The molecule has 1 aromatic heterocycles. The van der Waals surface area contributed by atoms with Crippen LogP contribution in [0.15, 0.2) is 12.3 Å². The van der Waals surface area contributed by atoms with Gasteiger partial charge in [0.1, 0.15) is 11.8 Å². The third-order valence-corrected chi connectivity index (χ3v) is 2.06. The van der Waals surface area contributed by atoms with E-state index in [0.29, 0.717) is 23.7 Å². The molecule has 5 heteroatoms. The van der Waals surface area contributed by atoms with E-state index in [1.165, 1.54) is 6.20 Å². The molecule has 1 rings (SSSR count). The van der Waals surface area contributed by atoms with Crippen molar-refractivity contribution in [3.05, 3.63) is 17.8 Å². The van der Waals surface area contributed by atoms with Gasteiger partial charge < -0.3 is 15.4 Å². The minimum absolute atomic E-state index is 0.315. The monoisotopic (exact) mass is 220 g/mol. The van der Waals surface area contributed by atoms with Gasteiger partial charge in [0, 0.05) is 12.7 Å². The van der Waals surface area contributed by atoms with E-state index in [1.54, 1.807) is 6.07 Å². The fourth-order valence-electron chi connectivity index (χ4n) is 1.22. The Bertz CT molecular complexity index is 384. The lowest BCUT2D eigenvalue weighted by molar-refractivity contribution is 0.274. The average molecular weight is 220 g/mol. The second kappa shape index (κ2) is 5.93. The number of nitrogen functional groups attached to an aromatic ring is 1. The van der Waals surface area contributed by atoms with Crippen LogP contribution in [0.25, 0.3) is 0 Å². The summed E-state index contributed by atoms with van der Waals surface area (Å²) >= 11 is 0. The predicted molar refractivity (Wildman–Crippen MR) is 62.0 cm³/mol. The summed E-state index contributed by atoms with van der Waals surface area (Å²) in [5.41, 5.74) is 6.43. The number of anilines is 1. The first-order valence-corrected chi connectivity index (χ1v) is 5.07. The maximum absolute atomic E-state index is 8.77. The molecule has 0 radical (unpaired) electrons. The summed E-state index contributed by atoms with van der Waals surface area (Å²) < 4.78 is 5.42. The molecule has 0 spiro atoms. The zero-order valence-electron chi connectivity index (χ0n) is 9.60. The number of nitriles is 1. The maximum Gasteiger partial charge on any atom is 0.238 e. The fourth-order valence-corrected chi connectivity index (χ4v) is 1.22. The van der Waals surface area contributed by atoms with E-state index >= 15 is 0 Å². The van der Waals surface area contributed by atoms with Crippen molar-refractivity contribution in [2.45, 2.75) is 6.42 Å². The van der Waals surface area contributed by atoms with Crippen LogP contribution in [-0.4, -0.2) is 37.1 Å². The first kappa shape index (κ1) is 12.3. The number of ether oxygens (including phenoxy) is 1. The number of pyridine rings is 1. The van der Waals surface area contributed by atoms with Gasteiger partial charge in [-0.05, 0) is 26.6 Å². The first-order chi connectivity index (χ1) is 7.65. The Morgan fingerprint density at radius 3 is 2.94 bits per heavy atom. The molecule has 0 aliphatic carbocycles. The fraction of sp³-hybridized carbons (Fsp3) is 0.455. The predicted octanol–water partition coefficient (Wildman–Crippen LogP) is 0.866. The lowest BCUT2D eigenvalue weighted by Crippen LogP contribution is -2.16. The standard InChI is InChI=1S/C11H16N4O/c1-15(2)6-3-7-16-11-10(13)9(8-12)4-5-14-11/h4-5H,3,6-7,13H2,1-2H3. The molecule has 0 unspecified atom stereocenters. The molecule has 1 heterocycles. The van der Waals surface area contributed by atoms with Crippen LogP contribution in [0.1, 0.15) is 12.0 Å². The van der Waals surface area contributed by atoms with Crippen LogP contribution in [0.2, 0.25) is 0 Å². The summed E-state index contributed by atoms with van der Waals surface area (Å²) in [6.45, 7) is 1.49. The summed E-state index contributed by atoms with van der Waals surface area (Å²) in [4.78, 5) is 6.07. The molecule has 1 aromatic rings. The maximum atomic E-state index is 8.77. The lowest BCUT2D eigenvalue weighted by atomic mass is 10.2. The van der Waals surface area contributed by atoms with Gasteiger partial charge in [-0.15, -0.1) is 0 Å². The van der Waals surface area contributed by atoms with Crippen molar-refractivity contribution in [3.8, 4) is 11.9 Å². The minimum Gasteiger partial charge on any atom is -0.476 e. The van der Waals surface area contributed by atoms with E-state index in [0.717, 1.165) is 13.0 Å². The van der Waals surface area contributed by atoms with Crippen molar-refractivity contribution in [2.75, 3.05) is 33.0 Å². The Kier molecular flexibility index (Phi) is 4.55. The van der Waals surface area contributed by atoms with Crippen molar-refractivity contribution in [1.29, 1.82) is 5.26 Å². The molecule has 0 aromatic carbocycles. The summed E-state index contributed by atoms with van der Waals surface area (Å²) in [5, 5.41) is 8.77. The van der Waals surface area contributed by atoms with Crippen molar-refractivity contribution in [1.82, 2.24) is 9.88 Å². The molecular weight excluding hydrogens is 204 g/mol. The van der Waals surface area contributed by atoms with E-state index in [2.05, 4.69) is 9.88 Å². The van der Waals surface area contributed by atoms with Crippen LogP contribution < -0.4 is 10.5 Å². The minimum atomic E-state index is 0.315. The second-order valence-corrected chi connectivity index (χ2v) is 3.69. The largest absolute Gasteiger partial charge is 0.476 e. The quantitative estimate of drug-likeness (QED) is 0.745. The molecule has 0 saturated carbocycles. The smallest absolute Gasteiger partial charge is 0.238 e. The number of hydrogen-bond acceptors (Lipinski definition) is 5. The van der Waals surface area contributed by atoms with Gasteiger partial charge in [-0.2, -0.15) is 5.26 Å². The SMILES string of the molecule is CN(C)CCCOc1nccc(C#N)c1N. The van der Waals surface area contributed by atoms with E-state index in [1.807, 2.05) is 20.2 Å². The van der Waals surface area contributed by atoms with E-state index < -0.39 is 0 Å². The van der Waals surface area contributed by atoms with E-state index in [4.69, 9.17) is 15.7 Å². The topological polar surface area (TPSA) is 75.2 Å². The Balaban J connectivity index is 2.52. The first-order valence-electron chi connectivity index (χ1n) is 5.07. The van der Waals surface area contributed by atoms with Crippen LogP contribution in [-0.2, 0) is 0 Å². The van der Waals surface area contributed by atoms with Crippen LogP contribution in [0, 0.1) is 11.3 Å². The summed E-state index contributed by atoms with van der Waals surface area (Å²) in [6, 6.07) is 3.56. The van der Waals surface area contributed by atoms with E-state index in [9.17, 15) is 0 Å². The molecule has 0 aliphatic heterocycles. The summed E-state index contributed by atoms with van der Waals surface area (Å²) in [5.74, 6) is 0.345. The Hall–Kier alpha value is -1.80. The molecule has 5 nitrogen and oxygen atoms in total. The number of rotatable bonds is 5. The second-order valence-electron chi connectivity index (χ2n) is 3.69. The molecule has 0 saturated heterocycles. The lowest BCUT2D eigenvalue weighted by Gasteiger charge is -2.11. The molecule has 0 amide bonds. The third-order valence-electron chi connectivity index (χ3n) is 2.06. The zero-order valence-corrected chi connectivity index (χ0v) is 9.60. The van der Waals surface area contributed by atoms with Gasteiger partial charge in [-0.3, -0.25) is 0 Å². The van der Waals surface area contributed by atoms with Gasteiger partial charge in [0.25, 0.3) is 0 Å². The molecular formula is C11H16N4O. The highest BCUT2D eigenvalue weighted by atomic mass is 16.5. The summed E-state index contributed by atoms with van der Waals surface area (Å²) in [7, 11) is 4.01. The van der Waals surface area contributed by atoms with Crippen molar-refractivity contribution in [3.63, 3.8) is 0 Å². The van der Waals surface area contributed by atoms with Crippen LogP contribution in [0.3, 0.4) is 0 Å². The van der Waals surface area contributed by atoms with Gasteiger partial charge in [-0.1, -0.05) is 0 Å². The zero-order chi connectivity index (χ0) is 12.0. The molecule has 2 N–H and O–H groups in total. The summed E-state index contributed by atoms with van der Waals surface area (Å²) in [6.07, 6.45) is 2.42. The number of nitrogens with zero attached hydrogens (tertiary/aromatic N) is 3. The van der Waals surface area contributed by atoms with Gasteiger partial charge in [0.05, 0.1) is 12.2 Å². The molecule has 0 bridgehead atoms. The van der Waals surface area contributed by atoms with Crippen LogP contribution >= 0.6 is 0 Å². The van der Waals surface area contributed by atoms with Gasteiger partial charge in [-0.25, -0.2) is 4.98 Å². The highest BCUT2D eigenvalue weighted by molar-refractivity contribution is 5.59. The highest BCUT2D eigenvalue weighted by Gasteiger charge is 2.06. The number of aromatic nitrogens is 1. The van der Waals surface area contributed by atoms with Crippen molar-refractivity contribution < 1.29 is 4.74 Å². The molecule has 0 aliphatic rings. The molecule has 86 valence electrons. The number of hydrogen-bond donors (Lipinski definition) is 1. The molecule has 16 heavy (non-hydrogen) atoms. The average Bonchev–Trinajstić information content (AvgIpc) is 2.26. The van der Waals surface area contributed by atoms with E-state index in [-0.39, 0.29) is 0 Å². The van der Waals surface area contributed by atoms with Crippen molar-refractivity contribution in [2.24, 2.45) is 0 Å². The Morgan fingerprint density at radius 1 is 1.56 bits per heavy atom. The Labute approximate surface area is 95.4 Å². The van der Waals surface area contributed by atoms with Gasteiger partial charge in [0.2, 0.25) is 5.88 Å². The third kappa shape index (κ3) is 3.41. The van der Waals surface area contributed by atoms with Crippen LogP contribution in [0.5, 0.6) is 5.88 Å². The number of nitrogens with two attached hydrogens (primary N) is 1. The normalized spacial score (nSPS) is 10.1. The van der Waals surface area contributed by atoms with Crippen molar-refractivity contribution >= 4 is 5.69 Å². The Morgan fingerprint density at radius 2 is 2.31 bits per heavy atom. The van der Waals surface area contributed by atoms with Crippen LogP contribution in [0.4, 0.5) is 5.69 Å². The molecule has 0 atom stereocenters. The molecule has 0 fully saturated rings.